The van der Waals surface area contributed by atoms with Gasteiger partial charge in [0.25, 0.3) is 0 Å². The molecule has 28 heavy (non-hydrogen) atoms. The number of hydrogen-bond acceptors (Lipinski definition) is 3. The maximum Gasteiger partial charge on any atom is 0.412 e. The minimum atomic E-state index is -0.448. The van der Waals surface area contributed by atoms with Crippen molar-refractivity contribution in [2.45, 2.75) is 44.7 Å². The van der Waals surface area contributed by atoms with E-state index in [4.69, 9.17) is 4.74 Å². The fraction of sp³-hybridized carbons (Fsp3) is 0.364. The van der Waals surface area contributed by atoms with Gasteiger partial charge in [0, 0.05) is 31.4 Å². The third-order valence-electron chi connectivity index (χ3n) is 4.83. The van der Waals surface area contributed by atoms with E-state index >= 15 is 0 Å². The molecule has 1 aliphatic carbocycles. The lowest BCUT2D eigenvalue weighted by atomic mass is 9.96. The van der Waals surface area contributed by atoms with Crippen molar-refractivity contribution in [3.8, 4) is 5.75 Å². The molecule has 3 rings (SSSR count). The summed E-state index contributed by atoms with van der Waals surface area (Å²) >= 11 is 0. The third-order valence-corrected chi connectivity index (χ3v) is 4.83. The van der Waals surface area contributed by atoms with E-state index in [0.717, 1.165) is 31.2 Å². The third kappa shape index (κ3) is 6.01. The zero-order chi connectivity index (χ0) is 19.8. The smallest absolute Gasteiger partial charge is 0.410 e. The lowest BCUT2D eigenvalue weighted by molar-refractivity contribution is 0.192. The number of nitrogens with zero attached hydrogens (tertiary/aromatic N) is 1. The van der Waals surface area contributed by atoms with Gasteiger partial charge in [-0.05, 0) is 30.5 Å². The molecule has 148 valence electrons. The predicted molar refractivity (Wildman–Crippen MR) is 109 cm³/mol. The second-order valence-corrected chi connectivity index (χ2v) is 7.17. The first kappa shape index (κ1) is 19.7. The number of benzene rings is 2. The van der Waals surface area contributed by atoms with Gasteiger partial charge in [0.05, 0.1) is 0 Å². The van der Waals surface area contributed by atoms with Gasteiger partial charge in [-0.15, -0.1) is 0 Å². The molecule has 1 fully saturated rings. The summed E-state index contributed by atoms with van der Waals surface area (Å²) in [7, 11) is 1.74. The van der Waals surface area contributed by atoms with Crippen LogP contribution < -0.4 is 15.4 Å². The quantitative estimate of drug-likeness (QED) is 0.784. The van der Waals surface area contributed by atoms with Crippen molar-refractivity contribution in [1.29, 1.82) is 0 Å². The van der Waals surface area contributed by atoms with Crippen LogP contribution in [-0.4, -0.2) is 30.1 Å². The van der Waals surface area contributed by atoms with E-state index in [1.54, 1.807) is 36.2 Å². The largest absolute Gasteiger partial charge is 0.412 e. The number of rotatable bonds is 5. The summed E-state index contributed by atoms with van der Waals surface area (Å²) in [6, 6.07) is 16.6. The van der Waals surface area contributed by atoms with Gasteiger partial charge in [-0.1, -0.05) is 55.7 Å². The van der Waals surface area contributed by atoms with Gasteiger partial charge in [0.15, 0.2) is 0 Å². The van der Waals surface area contributed by atoms with Gasteiger partial charge in [0.1, 0.15) is 5.75 Å². The molecule has 1 saturated carbocycles. The SMILES string of the molecule is CN(Cc1ccccc1)C(=O)Nc1cccc(OC(=O)NC2CCCCC2)c1. The first-order chi connectivity index (χ1) is 13.6. The first-order valence-electron chi connectivity index (χ1n) is 9.74. The summed E-state index contributed by atoms with van der Waals surface area (Å²) < 4.78 is 5.38. The van der Waals surface area contributed by atoms with Crippen LogP contribution in [0.2, 0.25) is 0 Å². The van der Waals surface area contributed by atoms with E-state index in [1.165, 1.54) is 6.42 Å². The maximum absolute atomic E-state index is 12.4. The molecule has 0 bridgehead atoms. The zero-order valence-corrected chi connectivity index (χ0v) is 16.2. The summed E-state index contributed by atoms with van der Waals surface area (Å²) in [5, 5.41) is 5.75. The summed E-state index contributed by atoms with van der Waals surface area (Å²) in [4.78, 5) is 26.1. The van der Waals surface area contributed by atoms with Crippen LogP contribution in [-0.2, 0) is 6.54 Å². The number of anilines is 1. The Hall–Kier alpha value is -3.02. The predicted octanol–water partition coefficient (Wildman–Crippen LogP) is 4.77. The second-order valence-electron chi connectivity index (χ2n) is 7.17. The van der Waals surface area contributed by atoms with Crippen LogP contribution >= 0.6 is 0 Å². The van der Waals surface area contributed by atoms with Crippen LogP contribution in [0.25, 0.3) is 0 Å². The van der Waals surface area contributed by atoms with Crippen molar-refractivity contribution in [3.05, 3.63) is 60.2 Å². The Kier molecular flexibility index (Phi) is 6.89. The topological polar surface area (TPSA) is 70.7 Å². The molecular formula is C22H27N3O3. The second kappa shape index (κ2) is 9.78. The van der Waals surface area contributed by atoms with Crippen molar-refractivity contribution >= 4 is 17.8 Å². The van der Waals surface area contributed by atoms with Crippen molar-refractivity contribution in [2.75, 3.05) is 12.4 Å². The van der Waals surface area contributed by atoms with Crippen LogP contribution in [0.1, 0.15) is 37.7 Å². The Morgan fingerprint density at radius 2 is 1.79 bits per heavy atom. The minimum absolute atomic E-state index is 0.191. The average molecular weight is 381 g/mol. The highest BCUT2D eigenvalue weighted by molar-refractivity contribution is 5.89. The minimum Gasteiger partial charge on any atom is -0.410 e. The molecule has 2 aromatic carbocycles. The van der Waals surface area contributed by atoms with Gasteiger partial charge in [-0.25, -0.2) is 9.59 Å². The molecule has 2 N–H and O–H groups in total. The van der Waals surface area contributed by atoms with Gasteiger partial charge in [-0.2, -0.15) is 0 Å². The molecule has 0 radical (unpaired) electrons. The molecule has 2 aromatic rings. The number of carbonyl (C=O) groups excluding carboxylic acids is 2. The standard InChI is InChI=1S/C22H27N3O3/c1-25(16-17-9-4-2-5-10-17)21(26)23-19-13-8-14-20(15-19)28-22(27)24-18-11-6-3-7-12-18/h2,4-5,8-10,13-15,18H,3,6-7,11-12,16H2,1H3,(H,23,26)(H,24,27). The number of amides is 3. The van der Waals surface area contributed by atoms with Gasteiger partial charge in [0.2, 0.25) is 0 Å². The molecule has 0 atom stereocenters. The molecule has 1 aliphatic rings. The summed E-state index contributed by atoms with van der Waals surface area (Å²) in [5.74, 6) is 0.400. The monoisotopic (exact) mass is 381 g/mol. The highest BCUT2D eigenvalue weighted by atomic mass is 16.6. The number of hydrogen-bond donors (Lipinski definition) is 2. The van der Waals surface area contributed by atoms with Crippen LogP contribution in [0, 0.1) is 0 Å². The van der Waals surface area contributed by atoms with Gasteiger partial charge >= 0.3 is 12.1 Å². The number of nitrogens with one attached hydrogen (secondary N) is 2. The van der Waals surface area contributed by atoms with Crippen LogP contribution in [0.4, 0.5) is 15.3 Å². The summed E-state index contributed by atoms with van der Waals surface area (Å²) in [6.45, 7) is 0.507. The van der Waals surface area contributed by atoms with E-state index in [0.29, 0.717) is 18.0 Å². The lowest BCUT2D eigenvalue weighted by Gasteiger charge is -2.22. The average Bonchev–Trinajstić information content (AvgIpc) is 2.69. The maximum atomic E-state index is 12.4. The summed E-state index contributed by atoms with van der Waals surface area (Å²) in [5.41, 5.74) is 1.63. The van der Waals surface area contributed by atoms with Crippen LogP contribution in [0.3, 0.4) is 0 Å². The Labute approximate surface area is 165 Å². The first-order valence-corrected chi connectivity index (χ1v) is 9.74. The van der Waals surface area contributed by atoms with Crippen LogP contribution in [0.15, 0.2) is 54.6 Å². The molecule has 3 amide bonds. The lowest BCUT2D eigenvalue weighted by Crippen LogP contribution is -2.38. The molecule has 6 heteroatoms. The van der Waals surface area contributed by atoms with Gasteiger partial charge in [-0.3, -0.25) is 0 Å². The highest BCUT2D eigenvalue weighted by Crippen LogP contribution is 2.20. The van der Waals surface area contributed by atoms with E-state index in [-0.39, 0.29) is 12.1 Å². The molecule has 0 unspecified atom stereocenters. The fourth-order valence-electron chi connectivity index (χ4n) is 3.34. The van der Waals surface area contributed by atoms with E-state index in [2.05, 4.69) is 10.6 Å². The van der Waals surface area contributed by atoms with E-state index in [9.17, 15) is 9.59 Å². The Morgan fingerprint density at radius 1 is 1.04 bits per heavy atom. The van der Waals surface area contributed by atoms with Crippen molar-refractivity contribution in [2.24, 2.45) is 0 Å². The van der Waals surface area contributed by atoms with Crippen molar-refractivity contribution < 1.29 is 14.3 Å². The number of carbonyl (C=O) groups is 2. The number of urea groups is 1. The Morgan fingerprint density at radius 3 is 2.54 bits per heavy atom. The Balaban J connectivity index is 1.52. The molecule has 6 nitrogen and oxygen atoms in total. The molecule has 0 aromatic heterocycles. The highest BCUT2D eigenvalue weighted by Gasteiger charge is 2.17. The molecule has 0 spiro atoms. The zero-order valence-electron chi connectivity index (χ0n) is 16.2. The molecule has 0 aliphatic heterocycles. The molecular weight excluding hydrogens is 354 g/mol. The summed E-state index contributed by atoms with van der Waals surface area (Å²) in [6.07, 6.45) is 5.06. The van der Waals surface area contributed by atoms with Crippen molar-refractivity contribution in [3.63, 3.8) is 0 Å². The van der Waals surface area contributed by atoms with E-state index < -0.39 is 6.09 Å². The van der Waals surface area contributed by atoms with Gasteiger partial charge < -0.3 is 20.3 Å². The molecule has 0 heterocycles. The van der Waals surface area contributed by atoms with Crippen molar-refractivity contribution in [1.82, 2.24) is 10.2 Å². The number of ether oxygens (including phenoxy) is 1. The Bertz CT molecular complexity index is 789. The van der Waals surface area contributed by atoms with E-state index in [1.807, 2.05) is 30.3 Å². The normalized spacial score (nSPS) is 14.2. The fourth-order valence-corrected chi connectivity index (χ4v) is 3.34. The molecule has 0 saturated heterocycles. The van der Waals surface area contributed by atoms with Crippen LogP contribution in [0.5, 0.6) is 5.75 Å².